The van der Waals surface area contributed by atoms with Gasteiger partial charge in [0.2, 0.25) is 5.91 Å². The van der Waals surface area contributed by atoms with Gasteiger partial charge in [0.1, 0.15) is 5.82 Å². The number of fused-ring (bicyclic) bond motifs is 1. The van der Waals surface area contributed by atoms with Crippen molar-refractivity contribution in [3.63, 3.8) is 0 Å². The average Bonchev–Trinajstić information content (AvgIpc) is 2.52. The van der Waals surface area contributed by atoms with Crippen LogP contribution in [0.25, 0.3) is 0 Å². The van der Waals surface area contributed by atoms with Crippen LogP contribution in [-0.4, -0.2) is 10.9 Å². The van der Waals surface area contributed by atoms with Crippen LogP contribution in [-0.2, 0) is 16.6 Å². The maximum Gasteiger partial charge on any atom is 0.235 e. The molecule has 0 spiro atoms. The van der Waals surface area contributed by atoms with Crippen LogP contribution < -0.4 is 5.32 Å². The largest absolute Gasteiger partial charge is 0.310 e. The van der Waals surface area contributed by atoms with Gasteiger partial charge in [0, 0.05) is 11.3 Å². The Balaban J connectivity index is 0.000000606. The molecule has 0 atom stereocenters. The lowest BCUT2D eigenvalue weighted by Gasteiger charge is -2.14. The summed E-state index contributed by atoms with van der Waals surface area (Å²) in [5, 5.41) is 2.81. The van der Waals surface area contributed by atoms with Crippen LogP contribution in [0, 0.1) is 0 Å². The van der Waals surface area contributed by atoms with Crippen LogP contribution in [0.5, 0.6) is 0 Å². The Morgan fingerprint density at radius 2 is 1.94 bits per heavy atom. The smallest absolute Gasteiger partial charge is 0.235 e. The molecule has 16 heavy (non-hydrogen) atoms. The third-order valence-corrected chi connectivity index (χ3v) is 2.79. The highest BCUT2D eigenvalue weighted by atomic mass is 16.2. The molecule has 0 fully saturated rings. The fourth-order valence-corrected chi connectivity index (χ4v) is 1.68. The molecule has 1 N–H and O–H groups in total. The van der Waals surface area contributed by atoms with Gasteiger partial charge in [-0.25, -0.2) is 4.98 Å². The Bertz CT molecular complexity index is 397. The number of nitrogens with zero attached hydrogens (tertiary/aromatic N) is 1. The summed E-state index contributed by atoms with van der Waals surface area (Å²) in [7, 11) is 0. The number of rotatable bonds is 1. The highest BCUT2D eigenvalue weighted by Gasteiger charge is 2.39. The van der Waals surface area contributed by atoms with E-state index in [0.29, 0.717) is 0 Å². The molecule has 0 unspecified atom stereocenters. The van der Waals surface area contributed by atoms with Crippen LogP contribution >= 0.6 is 0 Å². The maximum absolute atomic E-state index is 11.6. The molecule has 3 nitrogen and oxygen atoms in total. The van der Waals surface area contributed by atoms with E-state index < -0.39 is 5.41 Å². The summed E-state index contributed by atoms with van der Waals surface area (Å²) in [5.74, 6) is 0.771. The molecule has 2 heterocycles. The van der Waals surface area contributed by atoms with Crippen molar-refractivity contribution in [2.24, 2.45) is 0 Å². The monoisotopic (exact) mass is 220 g/mol. The molecule has 2 rings (SSSR count). The lowest BCUT2D eigenvalue weighted by Crippen LogP contribution is -2.26. The third-order valence-electron chi connectivity index (χ3n) is 2.79. The van der Waals surface area contributed by atoms with Crippen molar-refractivity contribution < 1.29 is 4.79 Å². The summed E-state index contributed by atoms with van der Waals surface area (Å²) in [5.41, 5.74) is 1.58. The zero-order valence-corrected chi connectivity index (χ0v) is 10.7. The van der Waals surface area contributed by atoms with E-state index in [9.17, 15) is 4.79 Å². The second-order valence-electron chi connectivity index (χ2n) is 4.13. The molecule has 3 heteroatoms. The number of hydrogen-bond acceptors (Lipinski definition) is 2. The van der Waals surface area contributed by atoms with E-state index >= 15 is 0 Å². The van der Waals surface area contributed by atoms with E-state index in [0.717, 1.165) is 23.5 Å². The first-order valence-corrected chi connectivity index (χ1v) is 5.87. The van der Waals surface area contributed by atoms with Gasteiger partial charge in [-0.2, -0.15) is 0 Å². The highest BCUT2D eigenvalue weighted by Crippen LogP contribution is 2.35. The minimum Gasteiger partial charge on any atom is -0.310 e. The van der Waals surface area contributed by atoms with E-state index in [1.807, 2.05) is 39.8 Å². The molecule has 0 radical (unpaired) electrons. The standard InChI is InChI=1S/C11H14N2O.C2H6/c1-4-7-5-6-8-9(12-7)13-10(14)11(8,2)3;1-2/h5-6H,4H2,1-3H3,(H,12,13,14);1-2H3. The molecule has 0 aliphatic carbocycles. The molecule has 1 aliphatic heterocycles. The van der Waals surface area contributed by atoms with E-state index in [1.165, 1.54) is 0 Å². The number of aromatic nitrogens is 1. The summed E-state index contributed by atoms with van der Waals surface area (Å²) in [4.78, 5) is 16.0. The summed E-state index contributed by atoms with van der Waals surface area (Å²) in [6.45, 7) is 9.89. The lowest BCUT2D eigenvalue weighted by atomic mass is 9.87. The predicted octanol–water partition coefficient (Wildman–Crippen LogP) is 2.90. The van der Waals surface area contributed by atoms with Gasteiger partial charge in [0.25, 0.3) is 0 Å². The molecule has 88 valence electrons. The molecule has 0 aromatic carbocycles. The van der Waals surface area contributed by atoms with Crippen LogP contribution in [0.4, 0.5) is 5.82 Å². The zero-order valence-electron chi connectivity index (χ0n) is 10.7. The van der Waals surface area contributed by atoms with Crippen molar-refractivity contribution in [2.45, 2.75) is 46.5 Å². The van der Waals surface area contributed by atoms with Crippen molar-refractivity contribution in [3.8, 4) is 0 Å². The van der Waals surface area contributed by atoms with Gasteiger partial charge in [0.05, 0.1) is 5.41 Å². The Kier molecular flexibility index (Phi) is 3.68. The third kappa shape index (κ3) is 1.94. The molecule has 1 aromatic heterocycles. The number of carbonyl (C=O) groups excluding carboxylic acids is 1. The fourth-order valence-electron chi connectivity index (χ4n) is 1.68. The van der Waals surface area contributed by atoms with Crippen molar-refractivity contribution in [2.75, 3.05) is 5.32 Å². The second-order valence-corrected chi connectivity index (χ2v) is 4.13. The minimum atomic E-state index is -0.436. The van der Waals surface area contributed by atoms with E-state index in [4.69, 9.17) is 0 Å². The molecular weight excluding hydrogens is 200 g/mol. The van der Waals surface area contributed by atoms with Crippen LogP contribution in [0.2, 0.25) is 0 Å². The van der Waals surface area contributed by atoms with Gasteiger partial charge in [-0.1, -0.05) is 26.8 Å². The number of pyridine rings is 1. The van der Waals surface area contributed by atoms with Gasteiger partial charge in [-0.15, -0.1) is 0 Å². The molecule has 1 aromatic rings. The molecule has 1 aliphatic rings. The molecular formula is C13H20N2O. The molecule has 1 amide bonds. The number of amides is 1. The van der Waals surface area contributed by atoms with Crippen molar-refractivity contribution >= 4 is 11.7 Å². The van der Waals surface area contributed by atoms with Crippen molar-refractivity contribution in [3.05, 3.63) is 23.4 Å². The first-order valence-electron chi connectivity index (χ1n) is 5.87. The summed E-state index contributed by atoms with van der Waals surface area (Å²) < 4.78 is 0. The Labute approximate surface area is 97.3 Å². The summed E-state index contributed by atoms with van der Waals surface area (Å²) >= 11 is 0. The predicted molar refractivity (Wildman–Crippen MR) is 66.6 cm³/mol. The topological polar surface area (TPSA) is 42.0 Å². The van der Waals surface area contributed by atoms with Crippen molar-refractivity contribution in [1.29, 1.82) is 0 Å². The number of anilines is 1. The maximum atomic E-state index is 11.6. The molecule has 0 bridgehead atoms. The minimum absolute atomic E-state index is 0.0354. The van der Waals surface area contributed by atoms with Gasteiger partial charge in [-0.05, 0) is 26.3 Å². The SMILES string of the molecule is CC.CCc1ccc2c(n1)NC(=O)C2(C)C. The normalized spacial score (nSPS) is 15.9. The fraction of sp³-hybridized carbons (Fsp3) is 0.538. The van der Waals surface area contributed by atoms with Crippen LogP contribution in [0.15, 0.2) is 12.1 Å². The summed E-state index contributed by atoms with van der Waals surface area (Å²) in [6, 6.07) is 3.99. The van der Waals surface area contributed by atoms with Gasteiger partial charge in [-0.3, -0.25) is 4.79 Å². The Morgan fingerprint density at radius 1 is 1.31 bits per heavy atom. The van der Waals surface area contributed by atoms with E-state index in [2.05, 4.69) is 17.2 Å². The molecule has 0 saturated carbocycles. The van der Waals surface area contributed by atoms with Gasteiger partial charge >= 0.3 is 0 Å². The molecule has 0 saturated heterocycles. The first-order chi connectivity index (χ1) is 7.55. The quantitative estimate of drug-likeness (QED) is 0.790. The average molecular weight is 220 g/mol. The first kappa shape index (κ1) is 12.7. The van der Waals surface area contributed by atoms with Crippen LogP contribution in [0.1, 0.15) is 45.9 Å². The number of hydrogen-bond donors (Lipinski definition) is 1. The Morgan fingerprint density at radius 3 is 2.50 bits per heavy atom. The van der Waals surface area contributed by atoms with Crippen LogP contribution in [0.3, 0.4) is 0 Å². The Hall–Kier alpha value is -1.38. The summed E-state index contributed by atoms with van der Waals surface area (Å²) in [6.07, 6.45) is 0.892. The van der Waals surface area contributed by atoms with Gasteiger partial charge < -0.3 is 5.32 Å². The number of nitrogens with one attached hydrogen (secondary N) is 1. The van der Waals surface area contributed by atoms with E-state index in [1.54, 1.807) is 0 Å². The number of carbonyl (C=O) groups is 1. The van der Waals surface area contributed by atoms with E-state index in [-0.39, 0.29) is 5.91 Å². The highest BCUT2D eigenvalue weighted by molar-refractivity contribution is 6.04. The number of aryl methyl sites for hydroxylation is 1. The lowest BCUT2D eigenvalue weighted by molar-refractivity contribution is -0.119. The zero-order chi connectivity index (χ0) is 12.3. The second kappa shape index (κ2) is 4.64. The van der Waals surface area contributed by atoms with Crippen molar-refractivity contribution in [1.82, 2.24) is 4.98 Å². The van der Waals surface area contributed by atoms with Gasteiger partial charge in [0.15, 0.2) is 0 Å².